The zero-order chi connectivity index (χ0) is 15.6. The van der Waals surface area contributed by atoms with E-state index in [-0.39, 0.29) is 5.41 Å². The lowest BCUT2D eigenvalue weighted by Crippen LogP contribution is -2.10. The summed E-state index contributed by atoms with van der Waals surface area (Å²) in [7, 11) is 0. The lowest BCUT2D eigenvalue weighted by molar-refractivity contribution is 0.198. The lowest BCUT2D eigenvalue weighted by Gasteiger charge is -2.20. The quantitative estimate of drug-likeness (QED) is 0.782. The Morgan fingerprint density at radius 1 is 1.05 bits per heavy atom. The van der Waals surface area contributed by atoms with E-state index >= 15 is 0 Å². The molecular weight excluding hydrogens is 328 g/mol. The number of hydrogen-bond donors (Lipinski definition) is 1. The average Bonchev–Trinajstić information content (AvgIpc) is 2.37. The Balaban J connectivity index is 2.25. The summed E-state index contributed by atoms with van der Waals surface area (Å²) in [6.07, 6.45) is -0.502. The smallest absolute Gasteiger partial charge is 0.128 e. The van der Waals surface area contributed by atoms with Gasteiger partial charge in [-0.3, -0.25) is 0 Å². The predicted octanol–water partition coefficient (Wildman–Crippen LogP) is 5.59. The van der Waals surface area contributed by atoms with Crippen molar-refractivity contribution >= 4 is 15.9 Å². The van der Waals surface area contributed by atoms with E-state index in [4.69, 9.17) is 4.74 Å². The van der Waals surface area contributed by atoms with Gasteiger partial charge in [0.1, 0.15) is 11.5 Å². The van der Waals surface area contributed by atoms with Crippen molar-refractivity contribution in [2.75, 3.05) is 0 Å². The van der Waals surface area contributed by atoms with E-state index in [1.807, 2.05) is 30.3 Å². The number of benzene rings is 2. The monoisotopic (exact) mass is 348 g/mol. The number of ether oxygens (including phenoxy) is 1. The Bertz CT molecular complexity index is 627. The number of rotatable bonds is 3. The summed E-state index contributed by atoms with van der Waals surface area (Å²) >= 11 is 3.47. The molecule has 0 radical (unpaired) electrons. The van der Waals surface area contributed by atoms with Crippen molar-refractivity contribution in [2.24, 2.45) is 0 Å². The average molecular weight is 349 g/mol. The zero-order valence-corrected chi connectivity index (χ0v) is 14.4. The molecule has 0 amide bonds. The first-order valence-corrected chi connectivity index (χ1v) is 7.82. The molecule has 0 saturated carbocycles. The molecule has 1 N–H and O–H groups in total. The molecule has 0 aliphatic rings. The van der Waals surface area contributed by atoms with Crippen LogP contribution in [0.1, 0.15) is 44.9 Å². The molecule has 0 aliphatic carbocycles. The minimum Gasteiger partial charge on any atom is -0.457 e. The van der Waals surface area contributed by atoms with Crippen LogP contribution in [0.4, 0.5) is 0 Å². The van der Waals surface area contributed by atoms with Crippen molar-refractivity contribution in [3.63, 3.8) is 0 Å². The molecule has 0 bridgehead atoms. The standard InChI is InChI=1S/C18H21BrO2/c1-12(20)16-9-8-15(11-17(16)19)21-14-7-5-6-13(10-14)18(2,3)4/h5-12,20H,1-4H3. The van der Waals surface area contributed by atoms with Gasteiger partial charge in [-0.2, -0.15) is 0 Å². The van der Waals surface area contributed by atoms with E-state index < -0.39 is 6.10 Å². The van der Waals surface area contributed by atoms with Gasteiger partial charge in [0.15, 0.2) is 0 Å². The van der Waals surface area contributed by atoms with E-state index in [1.54, 1.807) is 6.92 Å². The third kappa shape index (κ3) is 4.08. The second kappa shape index (κ2) is 6.20. The Labute approximate surface area is 134 Å². The zero-order valence-electron chi connectivity index (χ0n) is 12.9. The van der Waals surface area contributed by atoms with Crippen LogP contribution < -0.4 is 4.74 Å². The number of aliphatic hydroxyl groups is 1. The van der Waals surface area contributed by atoms with Crippen LogP contribution in [0.15, 0.2) is 46.9 Å². The summed E-state index contributed by atoms with van der Waals surface area (Å²) < 4.78 is 6.77. The molecule has 2 aromatic carbocycles. The molecule has 0 fully saturated rings. The molecule has 0 heterocycles. The van der Waals surface area contributed by atoms with Gasteiger partial charge < -0.3 is 9.84 Å². The molecule has 3 heteroatoms. The predicted molar refractivity (Wildman–Crippen MR) is 90.0 cm³/mol. The maximum Gasteiger partial charge on any atom is 0.128 e. The molecule has 112 valence electrons. The fourth-order valence-electron chi connectivity index (χ4n) is 2.07. The van der Waals surface area contributed by atoms with Gasteiger partial charge in [-0.25, -0.2) is 0 Å². The molecule has 0 aromatic heterocycles. The Morgan fingerprint density at radius 3 is 2.29 bits per heavy atom. The van der Waals surface area contributed by atoms with Crippen LogP contribution in [0, 0.1) is 0 Å². The van der Waals surface area contributed by atoms with E-state index in [0.29, 0.717) is 0 Å². The van der Waals surface area contributed by atoms with Crippen molar-refractivity contribution in [3.8, 4) is 11.5 Å². The van der Waals surface area contributed by atoms with E-state index in [2.05, 4.69) is 48.8 Å². The van der Waals surface area contributed by atoms with Crippen molar-refractivity contribution < 1.29 is 9.84 Å². The maximum atomic E-state index is 9.64. The van der Waals surface area contributed by atoms with Gasteiger partial charge in [0.05, 0.1) is 6.10 Å². The highest BCUT2D eigenvalue weighted by Gasteiger charge is 2.14. The van der Waals surface area contributed by atoms with Gasteiger partial charge in [0.25, 0.3) is 0 Å². The molecule has 21 heavy (non-hydrogen) atoms. The number of hydrogen-bond acceptors (Lipinski definition) is 2. The first-order chi connectivity index (χ1) is 9.77. The highest BCUT2D eigenvalue weighted by Crippen LogP contribution is 2.32. The Hall–Kier alpha value is -1.32. The molecule has 2 rings (SSSR count). The SMILES string of the molecule is CC(O)c1ccc(Oc2cccc(C(C)(C)C)c2)cc1Br. The van der Waals surface area contributed by atoms with Crippen LogP contribution in [0.3, 0.4) is 0 Å². The fraction of sp³-hybridized carbons (Fsp3) is 0.333. The minimum atomic E-state index is -0.502. The summed E-state index contributed by atoms with van der Waals surface area (Å²) in [5.41, 5.74) is 2.18. The first kappa shape index (κ1) is 16.1. The molecule has 2 aromatic rings. The summed E-state index contributed by atoms with van der Waals surface area (Å²) in [6.45, 7) is 8.29. The molecule has 1 unspecified atom stereocenters. The lowest BCUT2D eigenvalue weighted by atomic mass is 9.87. The molecule has 0 spiro atoms. The first-order valence-electron chi connectivity index (χ1n) is 7.03. The topological polar surface area (TPSA) is 29.5 Å². The number of aliphatic hydroxyl groups excluding tert-OH is 1. The maximum absolute atomic E-state index is 9.64. The molecule has 2 nitrogen and oxygen atoms in total. The third-order valence-electron chi connectivity index (χ3n) is 3.36. The van der Waals surface area contributed by atoms with Crippen LogP contribution >= 0.6 is 15.9 Å². The van der Waals surface area contributed by atoms with Crippen molar-refractivity contribution in [3.05, 3.63) is 58.1 Å². The summed E-state index contributed by atoms with van der Waals surface area (Å²) in [6, 6.07) is 13.8. The van der Waals surface area contributed by atoms with E-state index in [1.165, 1.54) is 5.56 Å². The summed E-state index contributed by atoms with van der Waals surface area (Å²) in [4.78, 5) is 0. The second-order valence-corrected chi connectivity index (χ2v) is 7.09. The van der Waals surface area contributed by atoms with Crippen LogP contribution in [0.25, 0.3) is 0 Å². The highest BCUT2D eigenvalue weighted by atomic mass is 79.9. The van der Waals surface area contributed by atoms with Crippen molar-refractivity contribution in [2.45, 2.75) is 39.2 Å². The summed E-state index contributed by atoms with van der Waals surface area (Å²) in [5.74, 6) is 1.57. The van der Waals surface area contributed by atoms with Gasteiger partial charge in [-0.15, -0.1) is 0 Å². The molecule has 1 atom stereocenters. The van der Waals surface area contributed by atoms with Crippen LogP contribution in [0.2, 0.25) is 0 Å². The van der Waals surface area contributed by atoms with Crippen LogP contribution in [-0.2, 0) is 5.41 Å². The van der Waals surface area contributed by atoms with Crippen molar-refractivity contribution in [1.29, 1.82) is 0 Å². The largest absolute Gasteiger partial charge is 0.457 e. The Kier molecular flexibility index (Phi) is 4.74. The fourth-order valence-corrected chi connectivity index (χ4v) is 2.76. The van der Waals surface area contributed by atoms with Crippen LogP contribution in [-0.4, -0.2) is 5.11 Å². The van der Waals surface area contributed by atoms with Crippen molar-refractivity contribution in [1.82, 2.24) is 0 Å². The number of halogens is 1. The second-order valence-electron chi connectivity index (χ2n) is 6.24. The molecule has 0 saturated heterocycles. The summed E-state index contributed by atoms with van der Waals surface area (Å²) in [5, 5.41) is 9.64. The Morgan fingerprint density at radius 2 is 1.71 bits per heavy atom. The van der Waals surface area contributed by atoms with Crippen LogP contribution in [0.5, 0.6) is 11.5 Å². The van der Waals surface area contributed by atoms with E-state index in [0.717, 1.165) is 21.5 Å². The van der Waals surface area contributed by atoms with Gasteiger partial charge in [-0.05, 0) is 47.7 Å². The highest BCUT2D eigenvalue weighted by molar-refractivity contribution is 9.10. The molecule has 0 aliphatic heterocycles. The van der Waals surface area contributed by atoms with Gasteiger partial charge in [-0.1, -0.05) is 54.9 Å². The minimum absolute atomic E-state index is 0.0934. The van der Waals surface area contributed by atoms with Gasteiger partial charge in [0.2, 0.25) is 0 Å². The van der Waals surface area contributed by atoms with E-state index in [9.17, 15) is 5.11 Å². The van der Waals surface area contributed by atoms with Gasteiger partial charge in [0, 0.05) is 4.47 Å². The molecular formula is C18H21BrO2. The van der Waals surface area contributed by atoms with Gasteiger partial charge >= 0.3 is 0 Å². The normalized spacial score (nSPS) is 13.0. The third-order valence-corrected chi connectivity index (χ3v) is 4.04.